The lowest BCUT2D eigenvalue weighted by molar-refractivity contribution is -0.0205. The first-order valence-corrected chi connectivity index (χ1v) is 4.71. The second-order valence-electron chi connectivity index (χ2n) is 3.15. The molecule has 1 aromatic rings. The van der Waals surface area contributed by atoms with Crippen LogP contribution < -0.4 is 0 Å². The molecule has 1 N–H and O–H groups in total. The molecule has 0 fully saturated rings. The molecule has 68 valence electrons. The molecule has 0 radical (unpaired) electrons. The summed E-state index contributed by atoms with van der Waals surface area (Å²) >= 11 is 1.64. The summed E-state index contributed by atoms with van der Waals surface area (Å²) in [4.78, 5) is 1.21. The summed E-state index contributed by atoms with van der Waals surface area (Å²) in [5.74, 6) is 0. The lowest BCUT2D eigenvalue weighted by Gasteiger charge is -2.20. The van der Waals surface area contributed by atoms with Gasteiger partial charge in [-0.2, -0.15) is 0 Å². The lowest BCUT2D eigenvalue weighted by atomic mass is 10.0. The van der Waals surface area contributed by atoms with Crippen molar-refractivity contribution in [1.29, 1.82) is 0 Å². The minimum absolute atomic E-state index is 0.336. The van der Waals surface area contributed by atoms with E-state index in [1.165, 1.54) is 4.88 Å². The van der Waals surface area contributed by atoms with Crippen LogP contribution >= 0.6 is 11.3 Å². The summed E-state index contributed by atoms with van der Waals surface area (Å²) in [6, 6.07) is 1.99. The highest BCUT2D eigenvalue weighted by Gasteiger charge is 2.23. The molecule has 0 saturated heterocycles. The van der Waals surface area contributed by atoms with Gasteiger partial charge in [0.15, 0.2) is 0 Å². The van der Waals surface area contributed by atoms with Gasteiger partial charge < -0.3 is 9.84 Å². The van der Waals surface area contributed by atoms with Crippen LogP contribution in [-0.2, 0) is 10.3 Å². The van der Waals surface area contributed by atoms with E-state index < -0.39 is 5.60 Å². The predicted octanol–water partition coefficient (Wildman–Crippen LogP) is 1.91. The van der Waals surface area contributed by atoms with E-state index >= 15 is 0 Å². The molecule has 1 rings (SSSR count). The van der Waals surface area contributed by atoms with Crippen molar-refractivity contribution in [3.63, 3.8) is 0 Å². The fraction of sp³-hybridized carbons (Fsp3) is 0.556. The van der Waals surface area contributed by atoms with Crippen LogP contribution in [0.4, 0.5) is 0 Å². The smallest absolute Gasteiger partial charge is 0.111 e. The van der Waals surface area contributed by atoms with Gasteiger partial charge >= 0.3 is 0 Å². The van der Waals surface area contributed by atoms with E-state index in [4.69, 9.17) is 4.74 Å². The predicted molar refractivity (Wildman–Crippen MR) is 50.5 cm³/mol. The average molecular weight is 186 g/mol. The van der Waals surface area contributed by atoms with Crippen molar-refractivity contribution in [3.8, 4) is 0 Å². The van der Waals surface area contributed by atoms with Gasteiger partial charge in [-0.15, -0.1) is 11.3 Å². The molecular formula is C9H14O2S. The zero-order valence-corrected chi connectivity index (χ0v) is 8.44. The maximum Gasteiger partial charge on any atom is 0.111 e. The van der Waals surface area contributed by atoms with E-state index in [-0.39, 0.29) is 0 Å². The normalized spacial score (nSPS) is 16.0. The molecule has 0 aliphatic carbocycles. The van der Waals surface area contributed by atoms with Crippen molar-refractivity contribution in [2.75, 3.05) is 13.7 Å². The molecule has 1 heterocycles. The molecule has 0 bridgehead atoms. The third-order valence-electron chi connectivity index (χ3n) is 1.78. The Balaban J connectivity index is 2.81. The second kappa shape index (κ2) is 3.56. The Morgan fingerprint density at radius 2 is 2.33 bits per heavy atom. The van der Waals surface area contributed by atoms with Crippen LogP contribution in [0.5, 0.6) is 0 Å². The molecule has 3 heteroatoms. The zero-order chi connectivity index (χ0) is 9.19. The van der Waals surface area contributed by atoms with Crippen LogP contribution in [0, 0.1) is 6.92 Å². The largest absolute Gasteiger partial charge is 0.383 e. The first-order chi connectivity index (χ1) is 5.56. The van der Waals surface area contributed by atoms with E-state index in [0.29, 0.717) is 6.61 Å². The third kappa shape index (κ3) is 2.06. The van der Waals surface area contributed by atoms with Crippen molar-refractivity contribution in [1.82, 2.24) is 0 Å². The van der Waals surface area contributed by atoms with Crippen LogP contribution in [0.15, 0.2) is 11.4 Å². The van der Waals surface area contributed by atoms with Crippen LogP contribution in [0.2, 0.25) is 0 Å². The standard InChI is InChI=1S/C9H14O2S/c1-7-4-8(5-12-7)9(2,10)6-11-3/h4-5,10H,6H2,1-3H3. The number of thiophene rings is 1. The van der Waals surface area contributed by atoms with Gasteiger partial charge in [-0.05, 0) is 30.9 Å². The van der Waals surface area contributed by atoms with Crippen molar-refractivity contribution in [3.05, 3.63) is 21.9 Å². The quantitative estimate of drug-likeness (QED) is 0.781. The summed E-state index contributed by atoms with van der Waals surface area (Å²) in [5, 5.41) is 11.8. The minimum Gasteiger partial charge on any atom is -0.383 e. The molecule has 0 spiro atoms. The van der Waals surface area contributed by atoms with Crippen LogP contribution in [0.25, 0.3) is 0 Å². The topological polar surface area (TPSA) is 29.5 Å². The molecule has 0 aliphatic heterocycles. The van der Waals surface area contributed by atoms with Crippen LogP contribution in [0.1, 0.15) is 17.4 Å². The SMILES string of the molecule is COCC(C)(O)c1csc(C)c1. The van der Waals surface area contributed by atoms with E-state index in [9.17, 15) is 5.11 Å². The van der Waals surface area contributed by atoms with Gasteiger partial charge in [-0.3, -0.25) is 0 Å². The van der Waals surface area contributed by atoms with Crippen LogP contribution in [-0.4, -0.2) is 18.8 Å². The fourth-order valence-electron chi connectivity index (χ4n) is 1.09. The average Bonchev–Trinajstić information content (AvgIpc) is 2.36. The Kier molecular flexibility index (Phi) is 2.88. The van der Waals surface area contributed by atoms with E-state index in [1.54, 1.807) is 25.4 Å². The Morgan fingerprint density at radius 1 is 1.67 bits per heavy atom. The highest BCUT2D eigenvalue weighted by atomic mass is 32.1. The Labute approximate surface area is 76.8 Å². The van der Waals surface area contributed by atoms with Crippen molar-refractivity contribution < 1.29 is 9.84 Å². The van der Waals surface area contributed by atoms with Gasteiger partial charge in [-0.25, -0.2) is 0 Å². The molecule has 0 amide bonds. The van der Waals surface area contributed by atoms with Gasteiger partial charge in [0.05, 0.1) is 6.61 Å². The first-order valence-electron chi connectivity index (χ1n) is 3.83. The number of aliphatic hydroxyl groups is 1. The number of ether oxygens (including phenoxy) is 1. The number of aryl methyl sites for hydroxylation is 1. The summed E-state index contributed by atoms with van der Waals surface area (Å²) in [7, 11) is 1.59. The molecule has 2 nitrogen and oxygen atoms in total. The summed E-state index contributed by atoms with van der Waals surface area (Å²) in [6.45, 7) is 4.12. The van der Waals surface area contributed by atoms with E-state index in [1.807, 2.05) is 18.4 Å². The third-order valence-corrected chi connectivity index (χ3v) is 2.64. The fourth-order valence-corrected chi connectivity index (χ4v) is 1.92. The van der Waals surface area contributed by atoms with E-state index in [2.05, 4.69) is 0 Å². The summed E-state index contributed by atoms with van der Waals surface area (Å²) < 4.78 is 4.92. The number of hydrogen-bond donors (Lipinski definition) is 1. The maximum absolute atomic E-state index is 9.88. The van der Waals surface area contributed by atoms with Gasteiger partial charge in [0, 0.05) is 12.0 Å². The van der Waals surface area contributed by atoms with Gasteiger partial charge in [-0.1, -0.05) is 0 Å². The molecule has 1 atom stereocenters. The number of methoxy groups -OCH3 is 1. The lowest BCUT2D eigenvalue weighted by Crippen LogP contribution is -2.26. The van der Waals surface area contributed by atoms with Gasteiger partial charge in [0.25, 0.3) is 0 Å². The van der Waals surface area contributed by atoms with Gasteiger partial charge in [0.1, 0.15) is 5.60 Å². The van der Waals surface area contributed by atoms with Crippen molar-refractivity contribution >= 4 is 11.3 Å². The second-order valence-corrected chi connectivity index (χ2v) is 4.27. The first kappa shape index (κ1) is 9.71. The summed E-state index contributed by atoms with van der Waals surface area (Å²) in [6.07, 6.45) is 0. The zero-order valence-electron chi connectivity index (χ0n) is 7.63. The highest BCUT2D eigenvalue weighted by molar-refractivity contribution is 7.10. The van der Waals surface area contributed by atoms with Crippen molar-refractivity contribution in [2.45, 2.75) is 19.4 Å². The molecule has 0 aromatic carbocycles. The molecule has 1 aromatic heterocycles. The number of hydrogen-bond acceptors (Lipinski definition) is 3. The van der Waals surface area contributed by atoms with Crippen molar-refractivity contribution in [2.24, 2.45) is 0 Å². The molecule has 0 aliphatic rings. The Morgan fingerprint density at radius 3 is 2.75 bits per heavy atom. The van der Waals surface area contributed by atoms with E-state index in [0.717, 1.165) is 5.56 Å². The number of rotatable bonds is 3. The Hall–Kier alpha value is -0.380. The molecule has 1 unspecified atom stereocenters. The Bertz CT molecular complexity index is 253. The van der Waals surface area contributed by atoms with Gasteiger partial charge in [0.2, 0.25) is 0 Å². The molecule has 12 heavy (non-hydrogen) atoms. The molecule has 0 saturated carbocycles. The molecular weight excluding hydrogens is 172 g/mol. The maximum atomic E-state index is 9.88. The van der Waals surface area contributed by atoms with Crippen LogP contribution in [0.3, 0.4) is 0 Å². The highest BCUT2D eigenvalue weighted by Crippen LogP contribution is 2.25. The minimum atomic E-state index is -0.848. The monoisotopic (exact) mass is 186 g/mol. The summed E-state index contributed by atoms with van der Waals surface area (Å²) in [5.41, 5.74) is 0.0892.